The molecule has 2 atom stereocenters. The minimum atomic E-state index is -0.149. The van der Waals surface area contributed by atoms with Gasteiger partial charge >= 0.3 is 5.97 Å². The Bertz CT molecular complexity index is 430. The van der Waals surface area contributed by atoms with Crippen molar-refractivity contribution in [2.24, 2.45) is 11.7 Å². The molecule has 0 saturated carbocycles. The largest absolute Gasteiger partial charge is 0.469 e. The molecule has 1 aromatic rings. The first-order valence-corrected chi connectivity index (χ1v) is 6.70. The van der Waals surface area contributed by atoms with E-state index in [4.69, 9.17) is 10.5 Å². The van der Waals surface area contributed by atoms with Crippen LogP contribution in [0.4, 0.5) is 0 Å². The minimum Gasteiger partial charge on any atom is -0.469 e. The van der Waals surface area contributed by atoms with Crippen molar-refractivity contribution in [3.05, 3.63) is 35.4 Å². The highest BCUT2D eigenvalue weighted by atomic mass is 16.5. The lowest BCUT2D eigenvalue weighted by Gasteiger charge is -2.35. The van der Waals surface area contributed by atoms with Crippen LogP contribution in [0, 0.1) is 12.8 Å². The third-order valence-electron chi connectivity index (χ3n) is 3.62. The van der Waals surface area contributed by atoms with Crippen LogP contribution >= 0.6 is 0 Å². The number of piperidine rings is 1. The second kappa shape index (κ2) is 6.17. The maximum Gasteiger partial charge on any atom is 0.310 e. The SMILES string of the molecule is COC(=O)C1CC(N)CN(Cc2ccc(C)cc2)C1. The summed E-state index contributed by atoms with van der Waals surface area (Å²) in [7, 11) is 1.44. The molecule has 1 aromatic carbocycles. The van der Waals surface area contributed by atoms with Crippen molar-refractivity contribution in [2.45, 2.75) is 25.9 Å². The van der Waals surface area contributed by atoms with Crippen molar-refractivity contribution in [3.63, 3.8) is 0 Å². The van der Waals surface area contributed by atoms with Crippen molar-refractivity contribution in [3.8, 4) is 0 Å². The Morgan fingerprint density at radius 2 is 2.05 bits per heavy atom. The number of ether oxygens (including phenoxy) is 1. The monoisotopic (exact) mass is 262 g/mol. The number of esters is 1. The van der Waals surface area contributed by atoms with Crippen LogP contribution in [-0.2, 0) is 16.1 Å². The Balaban J connectivity index is 1.99. The van der Waals surface area contributed by atoms with Gasteiger partial charge in [0, 0.05) is 25.7 Å². The molecule has 2 N–H and O–H groups in total. The van der Waals surface area contributed by atoms with Gasteiger partial charge in [0.15, 0.2) is 0 Å². The van der Waals surface area contributed by atoms with E-state index in [1.165, 1.54) is 18.2 Å². The number of hydrogen-bond acceptors (Lipinski definition) is 4. The fourth-order valence-corrected chi connectivity index (χ4v) is 2.65. The number of carbonyl (C=O) groups excluding carboxylic acids is 1. The van der Waals surface area contributed by atoms with Gasteiger partial charge in [-0.1, -0.05) is 29.8 Å². The third kappa shape index (κ3) is 3.78. The third-order valence-corrected chi connectivity index (χ3v) is 3.62. The minimum absolute atomic E-state index is 0.0447. The molecule has 0 spiro atoms. The predicted octanol–water partition coefficient (Wildman–Crippen LogP) is 1.32. The Hall–Kier alpha value is -1.39. The van der Waals surface area contributed by atoms with Crippen LogP contribution in [0.1, 0.15) is 17.5 Å². The zero-order valence-electron chi connectivity index (χ0n) is 11.6. The Morgan fingerprint density at radius 3 is 2.68 bits per heavy atom. The highest BCUT2D eigenvalue weighted by molar-refractivity contribution is 5.72. The lowest BCUT2D eigenvalue weighted by molar-refractivity contribution is -0.147. The quantitative estimate of drug-likeness (QED) is 0.835. The number of nitrogens with zero attached hydrogens (tertiary/aromatic N) is 1. The molecule has 0 aromatic heterocycles. The molecule has 0 amide bonds. The molecular formula is C15H22N2O2. The topological polar surface area (TPSA) is 55.6 Å². The van der Waals surface area contributed by atoms with Crippen LogP contribution in [0.2, 0.25) is 0 Å². The van der Waals surface area contributed by atoms with E-state index in [0.29, 0.717) is 0 Å². The van der Waals surface area contributed by atoms with Gasteiger partial charge in [-0.25, -0.2) is 0 Å². The van der Waals surface area contributed by atoms with Crippen LogP contribution in [0.15, 0.2) is 24.3 Å². The first-order chi connectivity index (χ1) is 9.08. The summed E-state index contributed by atoms with van der Waals surface area (Å²) in [5.74, 6) is -0.247. The molecule has 104 valence electrons. The highest BCUT2D eigenvalue weighted by Gasteiger charge is 2.30. The molecule has 1 heterocycles. The van der Waals surface area contributed by atoms with Gasteiger partial charge in [0.2, 0.25) is 0 Å². The molecule has 0 radical (unpaired) electrons. The van der Waals surface area contributed by atoms with Crippen LogP contribution in [-0.4, -0.2) is 37.1 Å². The maximum absolute atomic E-state index is 11.7. The van der Waals surface area contributed by atoms with E-state index in [1.54, 1.807) is 0 Å². The smallest absolute Gasteiger partial charge is 0.310 e. The van der Waals surface area contributed by atoms with Crippen molar-refractivity contribution in [1.82, 2.24) is 4.90 Å². The van der Waals surface area contributed by atoms with Crippen LogP contribution < -0.4 is 5.73 Å². The van der Waals surface area contributed by atoms with Gasteiger partial charge in [-0.15, -0.1) is 0 Å². The number of rotatable bonds is 3. The lowest BCUT2D eigenvalue weighted by atomic mass is 9.94. The molecule has 19 heavy (non-hydrogen) atoms. The molecule has 0 bridgehead atoms. The Labute approximate surface area is 114 Å². The fraction of sp³-hybridized carbons (Fsp3) is 0.533. The molecule has 1 aliphatic heterocycles. The fourth-order valence-electron chi connectivity index (χ4n) is 2.65. The second-order valence-electron chi connectivity index (χ2n) is 5.40. The highest BCUT2D eigenvalue weighted by Crippen LogP contribution is 2.19. The molecular weight excluding hydrogens is 240 g/mol. The summed E-state index contributed by atoms with van der Waals surface area (Å²) < 4.78 is 4.83. The van der Waals surface area contributed by atoms with E-state index in [1.807, 2.05) is 0 Å². The number of methoxy groups -OCH3 is 1. The van der Waals surface area contributed by atoms with Gasteiger partial charge in [-0.3, -0.25) is 9.69 Å². The van der Waals surface area contributed by atoms with Gasteiger partial charge in [-0.2, -0.15) is 0 Å². The number of likely N-dealkylation sites (tertiary alicyclic amines) is 1. The zero-order valence-corrected chi connectivity index (χ0v) is 11.6. The summed E-state index contributed by atoms with van der Waals surface area (Å²) in [6.45, 7) is 4.48. The van der Waals surface area contributed by atoms with E-state index >= 15 is 0 Å². The Morgan fingerprint density at radius 1 is 1.37 bits per heavy atom. The Kier molecular flexibility index (Phi) is 4.56. The predicted molar refractivity (Wildman–Crippen MR) is 74.6 cm³/mol. The number of carbonyl (C=O) groups is 1. The molecule has 2 unspecified atom stereocenters. The number of aryl methyl sites for hydroxylation is 1. The van der Waals surface area contributed by atoms with E-state index in [0.717, 1.165) is 26.1 Å². The van der Waals surface area contributed by atoms with E-state index in [9.17, 15) is 4.79 Å². The second-order valence-corrected chi connectivity index (χ2v) is 5.40. The summed E-state index contributed by atoms with van der Waals surface area (Å²) in [5, 5.41) is 0. The average Bonchev–Trinajstić information content (AvgIpc) is 2.40. The summed E-state index contributed by atoms with van der Waals surface area (Å²) in [6.07, 6.45) is 0.719. The van der Waals surface area contributed by atoms with Crippen LogP contribution in [0.25, 0.3) is 0 Å². The zero-order chi connectivity index (χ0) is 13.8. The summed E-state index contributed by atoms with van der Waals surface area (Å²) in [5.41, 5.74) is 8.55. The standard InChI is InChI=1S/C15H22N2O2/c1-11-3-5-12(6-4-11)8-17-9-13(15(18)19-2)7-14(16)10-17/h3-6,13-14H,7-10,16H2,1-2H3. The van der Waals surface area contributed by atoms with E-state index in [2.05, 4.69) is 36.1 Å². The van der Waals surface area contributed by atoms with Crippen LogP contribution in [0.3, 0.4) is 0 Å². The number of benzene rings is 1. The lowest BCUT2D eigenvalue weighted by Crippen LogP contribution is -2.48. The van der Waals surface area contributed by atoms with Crippen molar-refractivity contribution >= 4 is 5.97 Å². The van der Waals surface area contributed by atoms with Gasteiger partial charge in [0.1, 0.15) is 0 Å². The van der Waals surface area contributed by atoms with Gasteiger partial charge in [-0.05, 0) is 18.9 Å². The first kappa shape index (κ1) is 14.0. The van der Waals surface area contributed by atoms with E-state index < -0.39 is 0 Å². The van der Waals surface area contributed by atoms with Gasteiger partial charge < -0.3 is 10.5 Å². The van der Waals surface area contributed by atoms with Crippen molar-refractivity contribution < 1.29 is 9.53 Å². The summed E-state index contributed by atoms with van der Waals surface area (Å²) in [6, 6.07) is 8.52. The molecule has 1 aliphatic rings. The summed E-state index contributed by atoms with van der Waals surface area (Å²) in [4.78, 5) is 13.9. The molecule has 0 aliphatic carbocycles. The van der Waals surface area contributed by atoms with Crippen molar-refractivity contribution in [2.75, 3.05) is 20.2 Å². The van der Waals surface area contributed by atoms with Crippen LogP contribution in [0.5, 0.6) is 0 Å². The normalized spacial score (nSPS) is 24.2. The molecule has 1 fully saturated rings. The average molecular weight is 262 g/mol. The number of hydrogen-bond donors (Lipinski definition) is 1. The van der Waals surface area contributed by atoms with Crippen molar-refractivity contribution in [1.29, 1.82) is 0 Å². The molecule has 2 rings (SSSR count). The molecule has 4 nitrogen and oxygen atoms in total. The summed E-state index contributed by atoms with van der Waals surface area (Å²) >= 11 is 0. The maximum atomic E-state index is 11.7. The molecule has 1 saturated heterocycles. The first-order valence-electron chi connectivity index (χ1n) is 6.70. The molecule has 4 heteroatoms. The van der Waals surface area contributed by atoms with Gasteiger partial charge in [0.25, 0.3) is 0 Å². The van der Waals surface area contributed by atoms with Gasteiger partial charge in [0.05, 0.1) is 13.0 Å². The number of nitrogens with two attached hydrogens (primary N) is 1. The van der Waals surface area contributed by atoms with E-state index in [-0.39, 0.29) is 17.9 Å².